The quantitative estimate of drug-likeness (QED) is 0.0897. The molecule has 0 aliphatic carbocycles. The van der Waals surface area contributed by atoms with E-state index in [0.29, 0.717) is 25.8 Å². The van der Waals surface area contributed by atoms with Crippen LogP contribution in [0.4, 0.5) is 16.2 Å². The molecule has 1 fully saturated rings. The number of urea groups is 1. The molecule has 4 rings (SSSR count). The summed E-state index contributed by atoms with van der Waals surface area (Å²) in [4.78, 5) is 62.5. The van der Waals surface area contributed by atoms with Crippen LogP contribution < -0.4 is 15.0 Å². The van der Waals surface area contributed by atoms with Crippen molar-refractivity contribution >= 4 is 79.2 Å². The molecular formula is C27H17Br2N3O7. The van der Waals surface area contributed by atoms with Gasteiger partial charge in [-0.3, -0.25) is 25.0 Å². The fourth-order valence-corrected chi connectivity index (χ4v) is 5.02. The minimum Gasteiger partial charge on any atom is -0.422 e. The van der Waals surface area contributed by atoms with Gasteiger partial charge in [-0.25, -0.2) is 14.5 Å². The minimum absolute atomic E-state index is 0.000617. The van der Waals surface area contributed by atoms with E-state index in [1.165, 1.54) is 36.4 Å². The summed E-state index contributed by atoms with van der Waals surface area (Å²) >= 11 is 6.66. The fraction of sp³-hybridized carbons (Fsp3) is 0.0370. The van der Waals surface area contributed by atoms with Crippen molar-refractivity contribution in [3.8, 4) is 5.75 Å². The van der Waals surface area contributed by atoms with E-state index in [0.717, 1.165) is 11.0 Å². The number of halogens is 2. The first kappa shape index (κ1) is 27.6. The van der Waals surface area contributed by atoms with Crippen LogP contribution in [0.5, 0.6) is 5.75 Å². The maximum absolute atomic E-state index is 13.3. The number of hydrogen-bond donors (Lipinski definition) is 1. The maximum atomic E-state index is 13.3. The van der Waals surface area contributed by atoms with Gasteiger partial charge < -0.3 is 4.74 Å². The Bertz CT molecular complexity index is 1610. The molecule has 0 spiro atoms. The van der Waals surface area contributed by atoms with Gasteiger partial charge in [0, 0.05) is 28.2 Å². The number of nitro groups is 1. The fourth-order valence-electron chi connectivity index (χ4n) is 3.68. The summed E-state index contributed by atoms with van der Waals surface area (Å²) in [7, 11) is 0. The third-order valence-corrected chi connectivity index (χ3v) is 6.54. The topological polar surface area (TPSA) is 136 Å². The van der Waals surface area contributed by atoms with Gasteiger partial charge in [0.2, 0.25) is 0 Å². The summed E-state index contributed by atoms with van der Waals surface area (Å²) in [6.45, 7) is 1.72. The van der Waals surface area contributed by atoms with Crippen LogP contribution >= 0.6 is 31.9 Å². The Hall–Kier alpha value is -4.42. The summed E-state index contributed by atoms with van der Waals surface area (Å²) in [6.07, 6.45) is 3.66. The largest absolute Gasteiger partial charge is 0.422 e. The summed E-state index contributed by atoms with van der Waals surface area (Å²) in [6, 6.07) is 14.6. The van der Waals surface area contributed by atoms with Gasteiger partial charge in [0.05, 0.1) is 15.1 Å². The van der Waals surface area contributed by atoms with Crippen LogP contribution in [0.1, 0.15) is 16.7 Å². The van der Waals surface area contributed by atoms with Crippen LogP contribution in [-0.4, -0.2) is 28.7 Å². The van der Waals surface area contributed by atoms with Gasteiger partial charge in [-0.1, -0.05) is 46.3 Å². The summed E-state index contributed by atoms with van der Waals surface area (Å²) in [5, 5.41) is 13.1. The molecule has 0 saturated carbocycles. The highest BCUT2D eigenvalue weighted by atomic mass is 79.9. The first-order valence-electron chi connectivity index (χ1n) is 11.2. The Kier molecular flexibility index (Phi) is 8.17. The van der Waals surface area contributed by atoms with Gasteiger partial charge >= 0.3 is 12.0 Å². The standard InChI is InChI=1S/C27H17Br2N3O7/c1-15-5-2-3-8-22(15)31-26(35)20(25(34)30-27(31)36)13-17-12-18(28)14-21(29)24(17)39-23(33)10-9-16-6-4-7-19(11-16)32(37)38/h2-14H,1H3,(H,30,34,36)/b10-9+,20-13-. The summed E-state index contributed by atoms with van der Waals surface area (Å²) in [5.41, 5.74) is 1.06. The molecule has 10 nitrogen and oxygen atoms in total. The molecule has 1 aliphatic heterocycles. The molecule has 196 valence electrons. The van der Waals surface area contributed by atoms with Crippen molar-refractivity contribution in [3.05, 3.63) is 108 Å². The number of esters is 1. The number of ether oxygens (including phenoxy) is 1. The molecule has 0 bridgehead atoms. The Labute approximate surface area is 238 Å². The van der Waals surface area contributed by atoms with Gasteiger partial charge in [-0.05, 0) is 64.3 Å². The predicted molar refractivity (Wildman–Crippen MR) is 150 cm³/mol. The lowest BCUT2D eigenvalue weighted by atomic mass is 10.0. The molecule has 12 heteroatoms. The Balaban J connectivity index is 1.67. The van der Waals surface area contributed by atoms with E-state index in [1.807, 2.05) is 0 Å². The normalized spacial score (nSPS) is 14.6. The molecule has 1 heterocycles. The number of hydrogen-bond acceptors (Lipinski definition) is 7. The van der Waals surface area contributed by atoms with E-state index in [9.17, 15) is 29.3 Å². The smallest absolute Gasteiger partial charge is 0.336 e. The van der Waals surface area contributed by atoms with Crippen molar-refractivity contribution in [2.75, 3.05) is 4.90 Å². The van der Waals surface area contributed by atoms with Crippen LogP contribution in [-0.2, 0) is 14.4 Å². The van der Waals surface area contributed by atoms with Crippen molar-refractivity contribution < 1.29 is 28.8 Å². The summed E-state index contributed by atoms with van der Waals surface area (Å²) in [5.74, 6) is -2.58. The Morgan fingerprint density at radius 1 is 1.05 bits per heavy atom. The average Bonchev–Trinajstić information content (AvgIpc) is 2.88. The number of non-ortho nitro benzene ring substituents is 1. The third kappa shape index (κ3) is 6.19. The highest BCUT2D eigenvalue weighted by molar-refractivity contribution is 9.11. The predicted octanol–water partition coefficient (Wildman–Crippen LogP) is 5.71. The lowest BCUT2D eigenvalue weighted by Crippen LogP contribution is -2.54. The second-order valence-electron chi connectivity index (χ2n) is 8.16. The number of nitrogens with zero attached hydrogens (tertiary/aromatic N) is 2. The number of barbiturate groups is 1. The zero-order chi connectivity index (χ0) is 28.3. The van der Waals surface area contributed by atoms with Crippen molar-refractivity contribution in [1.29, 1.82) is 0 Å². The number of imide groups is 2. The number of nitrogens with one attached hydrogen (secondary N) is 1. The lowest BCUT2D eigenvalue weighted by Gasteiger charge is -2.27. The van der Waals surface area contributed by atoms with Gasteiger partial charge in [0.25, 0.3) is 17.5 Å². The van der Waals surface area contributed by atoms with Crippen LogP contribution in [0.3, 0.4) is 0 Å². The SMILES string of the molecule is Cc1ccccc1N1C(=O)NC(=O)/C(=C/c2cc(Br)cc(Br)c2OC(=O)/C=C/c2cccc([N+](=O)[O-])c2)C1=O. The maximum Gasteiger partial charge on any atom is 0.336 e. The van der Waals surface area contributed by atoms with Crippen molar-refractivity contribution in [2.24, 2.45) is 0 Å². The molecule has 0 atom stereocenters. The molecule has 0 unspecified atom stereocenters. The molecule has 0 radical (unpaired) electrons. The van der Waals surface area contributed by atoms with Crippen LogP contribution in [0, 0.1) is 17.0 Å². The molecule has 1 N–H and O–H groups in total. The average molecular weight is 655 g/mol. The van der Waals surface area contributed by atoms with E-state index in [1.54, 1.807) is 43.3 Å². The number of rotatable bonds is 6. The Morgan fingerprint density at radius 3 is 2.51 bits per heavy atom. The summed E-state index contributed by atoms with van der Waals surface area (Å²) < 4.78 is 6.37. The molecule has 0 aromatic heterocycles. The molecule has 1 aliphatic rings. The number of anilines is 1. The van der Waals surface area contributed by atoms with E-state index in [-0.39, 0.29) is 22.6 Å². The highest BCUT2D eigenvalue weighted by Crippen LogP contribution is 2.35. The van der Waals surface area contributed by atoms with Crippen molar-refractivity contribution in [1.82, 2.24) is 5.32 Å². The molecule has 39 heavy (non-hydrogen) atoms. The van der Waals surface area contributed by atoms with Crippen molar-refractivity contribution in [3.63, 3.8) is 0 Å². The van der Waals surface area contributed by atoms with Crippen molar-refractivity contribution in [2.45, 2.75) is 6.92 Å². The third-order valence-electron chi connectivity index (χ3n) is 5.49. The van der Waals surface area contributed by atoms with Crippen LogP contribution in [0.15, 0.2) is 81.3 Å². The number of carbonyl (C=O) groups is 4. The Morgan fingerprint density at radius 2 is 1.79 bits per heavy atom. The van der Waals surface area contributed by atoms with Gasteiger partial charge in [-0.2, -0.15) is 0 Å². The first-order valence-corrected chi connectivity index (χ1v) is 12.7. The number of aryl methyl sites for hydroxylation is 1. The zero-order valence-electron chi connectivity index (χ0n) is 20.0. The number of carbonyl (C=O) groups excluding carboxylic acids is 4. The van der Waals surface area contributed by atoms with Gasteiger partial charge in [0.15, 0.2) is 5.75 Å². The number of amides is 4. The lowest BCUT2D eigenvalue weighted by molar-refractivity contribution is -0.384. The molecule has 4 amide bonds. The number of nitro benzene ring substituents is 1. The van der Waals surface area contributed by atoms with E-state index < -0.39 is 28.7 Å². The molecule has 1 saturated heterocycles. The van der Waals surface area contributed by atoms with Gasteiger partial charge in [-0.15, -0.1) is 0 Å². The first-order chi connectivity index (χ1) is 18.5. The minimum atomic E-state index is -0.909. The number of para-hydroxylation sites is 1. The van der Waals surface area contributed by atoms with Crippen LogP contribution in [0.2, 0.25) is 0 Å². The molecule has 3 aromatic carbocycles. The second kappa shape index (κ2) is 11.5. The molecular weight excluding hydrogens is 638 g/mol. The monoisotopic (exact) mass is 653 g/mol. The van der Waals surface area contributed by atoms with E-state index in [4.69, 9.17) is 4.74 Å². The highest BCUT2D eigenvalue weighted by Gasteiger charge is 2.37. The van der Waals surface area contributed by atoms with Crippen LogP contribution in [0.25, 0.3) is 12.2 Å². The molecule has 3 aromatic rings. The van der Waals surface area contributed by atoms with E-state index in [2.05, 4.69) is 37.2 Å². The number of benzene rings is 3. The second-order valence-corrected chi connectivity index (χ2v) is 9.93. The zero-order valence-corrected chi connectivity index (χ0v) is 23.2. The van der Waals surface area contributed by atoms with Gasteiger partial charge in [0.1, 0.15) is 5.57 Å². The van der Waals surface area contributed by atoms with E-state index >= 15 is 0 Å².